The first-order valence-corrected chi connectivity index (χ1v) is 7.64. The number of hydrogen-bond acceptors (Lipinski definition) is 4. The highest BCUT2D eigenvalue weighted by molar-refractivity contribution is 9.10. The van der Waals surface area contributed by atoms with E-state index >= 15 is 0 Å². The van der Waals surface area contributed by atoms with Gasteiger partial charge in [0, 0.05) is 16.5 Å². The van der Waals surface area contributed by atoms with Gasteiger partial charge in [0.05, 0.1) is 4.47 Å². The SMILES string of the molecule is O=C(O)c1cc(OCCOc2ccc(Cl)cc2Br)cs1. The molecule has 0 saturated carbocycles. The summed E-state index contributed by atoms with van der Waals surface area (Å²) in [4.78, 5) is 11.0. The molecule has 4 nitrogen and oxygen atoms in total. The smallest absolute Gasteiger partial charge is 0.346 e. The van der Waals surface area contributed by atoms with Gasteiger partial charge in [0.15, 0.2) is 0 Å². The lowest BCUT2D eigenvalue weighted by Gasteiger charge is -2.08. The number of thiophene rings is 1. The first-order valence-electron chi connectivity index (χ1n) is 5.59. The van der Waals surface area contributed by atoms with Gasteiger partial charge < -0.3 is 14.6 Å². The maximum absolute atomic E-state index is 10.7. The average molecular weight is 378 g/mol. The van der Waals surface area contributed by atoms with Crippen molar-refractivity contribution in [1.82, 2.24) is 0 Å². The third-order valence-corrected chi connectivity index (χ3v) is 4.04. The molecule has 1 aromatic carbocycles. The molecule has 0 aliphatic rings. The Kier molecular flexibility index (Phi) is 5.28. The highest BCUT2D eigenvalue weighted by Crippen LogP contribution is 2.28. The van der Waals surface area contributed by atoms with Crippen LogP contribution < -0.4 is 9.47 Å². The Morgan fingerprint density at radius 1 is 1.30 bits per heavy atom. The molecule has 0 spiro atoms. The van der Waals surface area contributed by atoms with Crippen molar-refractivity contribution in [1.29, 1.82) is 0 Å². The standard InChI is InChI=1S/C13H10BrClO4S/c14-10-5-8(15)1-2-11(10)19-4-3-18-9-6-12(13(16)17)20-7-9/h1-2,5-7H,3-4H2,(H,16,17). The van der Waals surface area contributed by atoms with Gasteiger partial charge in [-0.25, -0.2) is 4.79 Å². The minimum absolute atomic E-state index is 0.251. The van der Waals surface area contributed by atoms with E-state index in [1.54, 1.807) is 23.6 Å². The molecule has 2 aromatic rings. The zero-order chi connectivity index (χ0) is 14.5. The highest BCUT2D eigenvalue weighted by atomic mass is 79.9. The molecule has 20 heavy (non-hydrogen) atoms. The zero-order valence-electron chi connectivity index (χ0n) is 10.1. The molecule has 0 saturated heterocycles. The van der Waals surface area contributed by atoms with Crippen molar-refractivity contribution in [3.63, 3.8) is 0 Å². The fourth-order valence-electron chi connectivity index (χ4n) is 1.41. The van der Waals surface area contributed by atoms with Gasteiger partial charge in [-0.05, 0) is 34.1 Å². The Hall–Kier alpha value is -1.24. The molecular formula is C13H10BrClO4S. The number of carboxylic acid groups (broad SMARTS) is 1. The second-order valence-electron chi connectivity index (χ2n) is 3.72. The Morgan fingerprint density at radius 2 is 2.05 bits per heavy atom. The lowest BCUT2D eigenvalue weighted by atomic mass is 10.3. The number of aromatic carboxylic acids is 1. The molecule has 0 fully saturated rings. The van der Waals surface area contributed by atoms with Crippen molar-refractivity contribution in [3.8, 4) is 11.5 Å². The lowest BCUT2D eigenvalue weighted by molar-refractivity contribution is 0.0702. The van der Waals surface area contributed by atoms with Gasteiger partial charge in [0.1, 0.15) is 29.6 Å². The predicted octanol–water partition coefficient (Wildman–Crippen LogP) is 4.32. The molecule has 1 heterocycles. The molecule has 0 aliphatic heterocycles. The Balaban J connectivity index is 1.79. The molecule has 0 amide bonds. The topological polar surface area (TPSA) is 55.8 Å². The summed E-state index contributed by atoms with van der Waals surface area (Å²) in [5.41, 5.74) is 0. The summed E-state index contributed by atoms with van der Waals surface area (Å²) in [6.07, 6.45) is 0. The first-order chi connectivity index (χ1) is 9.56. The van der Waals surface area contributed by atoms with E-state index in [-0.39, 0.29) is 4.88 Å². The fraction of sp³-hybridized carbons (Fsp3) is 0.154. The van der Waals surface area contributed by atoms with E-state index in [4.69, 9.17) is 26.2 Å². The average Bonchev–Trinajstić information content (AvgIpc) is 2.85. The van der Waals surface area contributed by atoms with Crippen LogP contribution in [0, 0.1) is 0 Å². The molecule has 1 aromatic heterocycles. The quantitative estimate of drug-likeness (QED) is 0.762. The van der Waals surface area contributed by atoms with E-state index in [0.29, 0.717) is 29.7 Å². The van der Waals surface area contributed by atoms with Gasteiger partial charge in [-0.3, -0.25) is 0 Å². The van der Waals surface area contributed by atoms with Gasteiger partial charge >= 0.3 is 5.97 Å². The summed E-state index contributed by atoms with van der Waals surface area (Å²) in [6.45, 7) is 0.670. The van der Waals surface area contributed by atoms with E-state index in [2.05, 4.69) is 15.9 Å². The van der Waals surface area contributed by atoms with Crippen LogP contribution in [-0.2, 0) is 0 Å². The molecule has 0 atom stereocenters. The van der Waals surface area contributed by atoms with Crippen molar-refractivity contribution in [3.05, 3.63) is 44.0 Å². The third-order valence-electron chi connectivity index (χ3n) is 2.29. The first kappa shape index (κ1) is 15.2. The summed E-state index contributed by atoms with van der Waals surface area (Å²) in [5, 5.41) is 11.1. The van der Waals surface area contributed by atoms with Crippen molar-refractivity contribution in [2.24, 2.45) is 0 Å². The van der Waals surface area contributed by atoms with Gasteiger partial charge in [0.2, 0.25) is 0 Å². The molecule has 106 valence electrons. The van der Waals surface area contributed by atoms with Gasteiger partial charge in [0.25, 0.3) is 0 Å². The molecule has 2 rings (SSSR count). The molecule has 0 aliphatic carbocycles. The zero-order valence-corrected chi connectivity index (χ0v) is 13.3. The predicted molar refractivity (Wildman–Crippen MR) is 81.4 cm³/mol. The van der Waals surface area contributed by atoms with Crippen LogP contribution in [0.15, 0.2) is 34.1 Å². The number of ether oxygens (including phenoxy) is 2. The van der Waals surface area contributed by atoms with Crippen LogP contribution in [0.5, 0.6) is 11.5 Å². The molecular weight excluding hydrogens is 368 g/mol. The van der Waals surface area contributed by atoms with Crippen molar-refractivity contribution < 1.29 is 19.4 Å². The maximum Gasteiger partial charge on any atom is 0.346 e. The minimum atomic E-state index is -0.953. The summed E-state index contributed by atoms with van der Waals surface area (Å²) in [6, 6.07) is 6.74. The summed E-state index contributed by atoms with van der Waals surface area (Å²) >= 11 is 10.3. The molecule has 0 unspecified atom stereocenters. The van der Waals surface area contributed by atoms with E-state index < -0.39 is 5.97 Å². The maximum atomic E-state index is 10.7. The van der Waals surface area contributed by atoms with Crippen LogP contribution in [0.1, 0.15) is 9.67 Å². The number of rotatable bonds is 6. The Morgan fingerprint density at radius 3 is 2.70 bits per heavy atom. The highest BCUT2D eigenvalue weighted by Gasteiger charge is 2.07. The summed E-state index contributed by atoms with van der Waals surface area (Å²) in [5.74, 6) is 0.256. The number of benzene rings is 1. The number of carbonyl (C=O) groups is 1. The molecule has 0 bridgehead atoms. The van der Waals surface area contributed by atoms with Crippen molar-refractivity contribution >= 4 is 44.8 Å². The van der Waals surface area contributed by atoms with Crippen LogP contribution >= 0.6 is 38.9 Å². The second kappa shape index (κ2) is 6.97. The van der Waals surface area contributed by atoms with E-state index in [1.165, 1.54) is 6.07 Å². The van der Waals surface area contributed by atoms with Crippen LogP contribution in [-0.4, -0.2) is 24.3 Å². The van der Waals surface area contributed by atoms with Gasteiger partial charge in [-0.1, -0.05) is 11.6 Å². The van der Waals surface area contributed by atoms with Gasteiger partial charge in [-0.15, -0.1) is 11.3 Å². The third kappa shape index (κ3) is 4.13. The van der Waals surface area contributed by atoms with Gasteiger partial charge in [-0.2, -0.15) is 0 Å². The second-order valence-corrected chi connectivity index (χ2v) is 5.93. The summed E-state index contributed by atoms with van der Waals surface area (Å²) < 4.78 is 11.7. The number of halogens is 2. The van der Waals surface area contributed by atoms with Crippen LogP contribution in [0.3, 0.4) is 0 Å². The molecule has 0 radical (unpaired) electrons. The van der Waals surface area contributed by atoms with Crippen LogP contribution in [0.25, 0.3) is 0 Å². The largest absolute Gasteiger partial charge is 0.489 e. The molecule has 1 N–H and O–H groups in total. The number of hydrogen-bond donors (Lipinski definition) is 1. The lowest BCUT2D eigenvalue weighted by Crippen LogP contribution is -2.08. The Labute approximate surface area is 133 Å². The Bertz CT molecular complexity index is 614. The monoisotopic (exact) mass is 376 g/mol. The van der Waals surface area contributed by atoms with E-state index in [0.717, 1.165) is 15.8 Å². The normalized spacial score (nSPS) is 10.3. The summed E-state index contributed by atoms with van der Waals surface area (Å²) in [7, 11) is 0. The fourth-order valence-corrected chi connectivity index (χ4v) is 2.87. The van der Waals surface area contributed by atoms with Crippen molar-refractivity contribution in [2.75, 3.05) is 13.2 Å². The van der Waals surface area contributed by atoms with Crippen LogP contribution in [0.4, 0.5) is 0 Å². The molecule has 7 heteroatoms. The van der Waals surface area contributed by atoms with Crippen LogP contribution in [0.2, 0.25) is 5.02 Å². The minimum Gasteiger partial charge on any atom is -0.489 e. The van der Waals surface area contributed by atoms with E-state index in [9.17, 15) is 4.79 Å². The number of carboxylic acids is 1. The van der Waals surface area contributed by atoms with E-state index in [1.807, 2.05) is 0 Å². The van der Waals surface area contributed by atoms with Crippen molar-refractivity contribution in [2.45, 2.75) is 0 Å².